The molecule has 0 aliphatic rings. The van der Waals surface area contributed by atoms with Crippen molar-refractivity contribution in [2.45, 2.75) is 17.9 Å². The first-order chi connectivity index (χ1) is 16.7. The predicted molar refractivity (Wildman–Crippen MR) is 137 cm³/mol. The number of hydrogen-bond donors (Lipinski definition) is 2. The molecule has 0 saturated carbocycles. The van der Waals surface area contributed by atoms with E-state index in [1.807, 2.05) is 50.2 Å². The molecule has 3 aromatic rings. The summed E-state index contributed by atoms with van der Waals surface area (Å²) < 4.78 is 38.6. The van der Waals surface area contributed by atoms with E-state index in [2.05, 4.69) is 10.0 Å². The van der Waals surface area contributed by atoms with Crippen molar-refractivity contribution >= 4 is 21.6 Å². The minimum absolute atomic E-state index is 0.0391. The Labute approximate surface area is 206 Å². The third kappa shape index (κ3) is 6.97. The van der Waals surface area contributed by atoms with E-state index >= 15 is 0 Å². The van der Waals surface area contributed by atoms with Gasteiger partial charge in [0.15, 0.2) is 0 Å². The molecule has 3 aromatic carbocycles. The molecule has 0 spiro atoms. The zero-order valence-electron chi connectivity index (χ0n) is 20.3. The van der Waals surface area contributed by atoms with E-state index in [1.165, 1.54) is 24.3 Å². The molecule has 9 heteroatoms. The number of benzene rings is 3. The molecule has 0 fully saturated rings. The number of carbonyl (C=O) groups is 1. The number of methoxy groups -OCH3 is 1. The van der Waals surface area contributed by atoms with Gasteiger partial charge < -0.3 is 19.7 Å². The smallest absolute Gasteiger partial charge is 0.261 e. The van der Waals surface area contributed by atoms with Crippen molar-refractivity contribution in [3.05, 3.63) is 83.9 Å². The first kappa shape index (κ1) is 26.1. The topological polar surface area (TPSA) is 97.0 Å². The lowest BCUT2D eigenvalue weighted by molar-refractivity contribution is 0.0941. The second kappa shape index (κ2) is 11.7. The fraction of sp³-hybridized carbons (Fsp3) is 0.269. The molecule has 1 amide bonds. The van der Waals surface area contributed by atoms with Crippen molar-refractivity contribution < 1.29 is 22.7 Å². The SMILES string of the molecule is CCOc1ccc(NS(=O)(=O)c2ccc(C(=O)NC[C@@H](c3ccc(OC)cc3)N(C)C)cc2)cc1. The van der Waals surface area contributed by atoms with Crippen LogP contribution >= 0.6 is 0 Å². The number of likely N-dealkylation sites (N-methyl/N-ethyl adjacent to an activating group) is 1. The fourth-order valence-corrected chi connectivity index (χ4v) is 4.56. The maximum Gasteiger partial charge on any atom is 0.261 e. The second-order valence-corrected chi connectivity index (χ2v) is 9.73. The van der Waals surface area contributed by atoms with Gasteiger partial charge in [0.2, 0.25) is 0 Å². The molecule has 0 aliphatic heterocycles. The number of ether oxygens (including phenoxy) is 2. The van der Waals surface area contributed by atoms with E-state index in [-0.39, 0.29) is 16.8 Å². The van der Waals surface area contributed by atoms with E-state index in [1.54, 1.807) is 31.4 Å². The molecule has 1 atom stereocenters. The average Bonchev–Trinajstić information content (AvgIpc) is 2.85. The lowest BCUT2D eigenvalue weighted by Crippen LogP contribution is -2.34. The fourth-order valence-electron chi connectivity index (χ4n) is 3.50. The summed E-state index contributed by atoms with van der Waals surface area (Å²) in [6.45, 7) is 2.79. The molecule has 0 radical (unpaired) electrons. The summed E-state index contributed by atoms with van der Waals surface area (Å²) in [4.78, 5) is 14.8. The van der Waals surface area contributed by atoms with Crippen molar-refractivity contribution in [1.29, 1.82) is 0 Å². The highest BCUT2D eigenvalue weighted by Gasteiger charge is 2.18. The number of amides is 1. The quantitative estimate of drug-likeness (QED) is 0.417. The molecule has 2 N–H and O–H groups in total. The van der Waals surface area contributed by atoms with Gasteiger partial charge in [0.1, 0.15) is 11.5 Å². The minimum atomic E-state index is -3.80. The number of sulfonamides is 1. The average molecular weight is 498 g/mol. The molecule has 186 valence electrons. The van der Waals surface area contributed by atoms with Gasteiger partial charge in [-0.05, 0) is 87.2 Å². The molecule has 0 bridgehead atoms. The molecular formula is C26H31N3O5S. The van der Waals surface area contributed by atoms with Crippen LogP contribution in [0.1, 0.15) is 28.9 Å². The lowest BCUT2D eigenvalue weighted by atomic mass is 10.1. The standard InChI is InChI=1S/C26H31N3O5S/c1-5-34-23-14-10-21(11-15-23)28-35(31,32)24-16-8-20(9-17-24)26(30)27-18-25(29(2)3)19-6-12-22(33-4)13-7-19/h6-17,25,28H,5,18H2,1-4H3,(H,27,30)/t25-/m0/s1. The Morgan fingerprint density at radius 2 is 1.51 bits per heavy atom. The number of nitrogens with one attached hydrogen (secondary N) is 2. The van der Waals surface area contributed by atoms with Crippen LogP contribution in [-0.4, -0.2) is 53.6 Å². The summed E-state index contributed by atoms with van der Waals surface area (Å²) in [6.07, 6.45) is 0. The van der Waals surface area contributed by atoms with Gasteiger partial charge in [-0.1, -0.05) is 12.1 Å². The van der Waals surface area contributed by atoms with E-state index in [9.17, 15) is 13.2 Å². The van der Waals surface area contributed by atoms with Gasteiger partial charge in [-0.25, -0.2) is 8.42 Å². The van der Waals surface area contributed by atoms with E-state index in [0.29, 0.717) is 30.2 Å². The monoisotopic (exact) mass is 497 g/mol. The molecular weight excluding hydrogens is 466 g/mol. The van der Waals surface area contributed by atoms with E-state index in [4.69, 9.17) is 9.47 Å². The molecule has 35 heavy (non-hydrogen) atoms. The molecule has 0 unspecified atom stereocenters. The maximum absolute atomic E-state index is 12.7. The molecule has 0 aromatic heterocycles. The Morgan fingerprint density at radius 1 is 0.914 bits per heavy atom. The van der Waals surface area contributed by atoms with Gasteiger partial charge in [0, 0.05) is 17.8 Å². The summed E-state index contributed by atoms with van der Waals surface area (Å²) in [6, 6.07) is 20.1. The Morgan fingerprint density at radius 3 is 2.06 bits per heavy atom. The summed E-state index contributed by atoms with van der Waals surface area (Å²) in [5, 5.41) is 2.93. The van der Waals surface area contributed by atoms with Crippen molar-refractivity contribution in [1.82, 2.24) is 10.2 Å². The minimum Gasteiger partial charge on any atom is -0.497 e. The summed E-state index contributed by atoms with van der Waals surface area (Å²) >= 11 is 0. The van der Waals surface area contributed by atoms with Crippen LogP contribution < -0.4 is 19.5 Å². The largest absolute Gasteiger partial charge is 0.497 e. The number of rotatable bonds is 11. The molecule has 8 nitrogen and oxygen atoms in total. The molecule has 0 heterocycles. The van der Waals surface area contributed by atoms with Crippen LogP contribution in [0.2, 0.25) is 0 Å². The number of hydrogen-bond acceptors (Lipinski definition) is 6. The van der Waals surface area contributed by atoms with Crippen molar-refractivity contribution in [2.24, 2.45) is 0 Å². The number of nitrogens with zero attached hydrogens (tertiary/aromatic N) is 1. The molecule has 0 aliphatic carbocycles. The van der Waals surface area contributed by atoms with Gasteiger partial charge in [0.05, 0.1) is 24.7 Å². The summed E-state index contributed by atoms with van der Waals surface area (Å²) in [5.74, 6) is 1.14. The normalized spacial score (nSPS) is 12.1. The lowest BCUT2D eigenvalue weighted by Gasteiger charge is -2.25. The highest BCUT2D eigenvalue weighted by Crippen LogP contribution is 2.22. The van der Waals surface area contributed by atoms with Gasteiger partial charge in [0.25, 0.3) is 15.9 Å². The van der Waals surface area contributed by atoms with E-state index in [0.717, 1.165) is 11.3 Å². The zero-order chi connectivity index (χ0) is 25.4. The van der Waals surface area contributed by atoms with Crippen LogP contribution in [-0.2, 0) is 10.0 Å². The van der Waals surface area contributed by atoms with Crippen LogP contribution in [0.3, 0.4) is 0 Å². The Kier molecular flexibility index (Phi) is 8.73. The van der Waals surface area contributed by atoms with Gasteiger partial charge in [-0.15, -0.1) is 0 Å². The maximum atomic E-state index is 12.7. The number of carbonyl (C=O) groups excluding carboxylic acids is 1. The van der Waals surface area contributed by atoms with Crippen molar-refractivity contribution in [2.75, 3.05) is 39.1 Å². The van der Waals surface area contributed by atoms with Gasteiger partial charge in [-0.2, -0.15) is 0 Å². The van der Waals surface area contributed by atoms with Gasteiger partial charge in [-0.3, -0.25) is 9.52 Å². The highest BCUT2D eigenvalue weighted by molar-refractivity contribution is 7.92. The van der Waals surface area contributed by atoms with Crippen molar-refractivity contribution in [3.63, 3.8) is 0 Å². The van der Waals surface area contributed by atoms with Crippen LogP contribution in [0, 0.1) is 0 Å². The zero-order valence-corrected chi connectivity index (χ0v) is 21.1. The third-order valence-corrected chi connectivity index (χ3v) is 6.82. The van der Waals surface area contributed by atoms with Crippen LogP contribution in [0.5, 0.6) is 11.5 Å². The Balaban J connectivity index is 1.63. The van der Waals surface area contributed by atoms with E-state index < -0.39 is 10.0 Å². The Bertz CT molecular complexity index is 1210. The first-order valence-corrected chi connectivity index (χ1v) is 12.7. The Hall–Kier alpha value is -3.56. The molecule has 0 saturated heterocycles. The summed E-state index contributed by atoms with van der Waals surface area (Å²) in [7, 11) is 1.70. The van der Waals surface area contributed by atoms with Gasteiger partial charge >= 0.3 is 0 Å². The summed E-state index contributed by atoms with van der Waals surface area (Å²) in [5.41, 5.74) is 1.83. The van der Waals surface area contributed by atoms with Crippen molar-refractivity contribution in [3.8, 4) is 11.5 Å². The predicted octanol–water partition coefficient (Wildman–Crippen LogP) is 3.93. The second-order valence-electron chi connectivity index (χ2n) is 8.05. The molecule has 3 rings (SSSR count). The highest BCUT2D eigenvalue weighted by atomic mass is 32.2. The number of anilines is 1. The van der Waals surface area contributed by atoms with Crippen LogP contribution in [0.15, 0.2) is 77.7 Å². The van der Waals surface area contributed by atoms with Crippen LogP contribution in [0.25, 0.3) is 0 Å². The van der Waals surface area contributed by atoms with Crippen LogP contribution in [0.4, 0.5) is 5.69 Å². The third-order valence-electron chi connectivity index (χ3n) is 5.42. The first-order valence-electron chi connectivity index (χ1n) is 11.2.